The molecule has 1 aliphatic rings. The summed E-state index contributed by atoms with van der Waals surface area (Å²) in [7, 11) is 1.29. The van der Waals surface area contributed by atoms with Gasteiger partial charge in [0.1, 0.15) is 11.5 Å². The number of esters is 1. The Labute approximate surface area is 101 Å². The van der Waals surface area contributed by atoms with Crippen LogP contribution in [0, 0.1) is 22.7 Å². The molecule has 1 amide bonds. The van der Waals surface area contributed by atoms with Crippen LogP contribution in [0.2, 0.25) is 0 Å². The molecular weight excluding hydrogens is 220 g/mol. The van der Waals surface area contributed by atoms with Crippen LogP contribution in [-0.4, -0.2) is 25.0 Å². The third-order valence-electron chi connectivity index (χ3n) is 2.90. The van der Waals surface area contributed by atoms with Gasteiger partial charge in [0.05, 0.1) is 13.2 Å². The van der Waals surface area contributed by atoms with E-state index in [4.69, 9.17) is 5.26 Å². The number of methoxy groups -OCH3 is 1. The fraction of sp³-hybridized carbons (Fsp3) is 0.750. The number of nitrogens with zero attached hydrogens (tertiary/aromatic N) is 1. The molecule has 0 saturated heterocycles. The summed E-state index contributed by atoms with van der Waals surface area (Å²) in [4.78, 5) is 23.3. The lowest BCUT2D eigenvalue weighted by molar-refractivity contribution is -0.146. The van der Waals surface area contributed by atoms with E-state index in [1.807, 2.05) is 19.9 Å². The lowest BCUT2D eigenvalue weighted by Gasteiger charge is -2.19. The van der Waals surface area contributed by atoms with Gasteiger partial charge in [-0.3, -0.25) is 4.79 Å². The van der Waals surface area contributed by atoms with Crippen molar-refractivity contribution in [1.82, 2.24) is 5.32 Å². The van der Waals surface area contributed by atoms with Gasteiger partial charge >= 0.3 is 5.97 Å². The van der Waals surface area contributed by atoms with Crippen LogP contribution in [0.4, 0.5) is 0 Å². The monoisotopic (exact) mass is 238 g/mol. The van der Waals surface area contributed by atoms with Crippen LogP contribution in [-0.2, 0) is 14.3 Å². The van der Waals surface area contributed by atoms with E-state index in [9.17, 15) is 9.59 Å². The zero-order chi connectivity index (χ0) is 13.1. The Morgan fingerprint density at radius 3 is 2.41 bits per heavy atom. The van der Waals surface area contributed by atoms with Crippen LogP contribution >= 0.6 is 0 Å². The van der Waals surface area contributed by atoms with E-state index >= 15 is 0 Å². The Balaban J connectivity index is 2.64. The minimum Gasteiger partial charge on any atom is -0.467 e. The molecule has 5 nitrogen and oxygen atoms in total. The molecule has 17 heavy (non-hydrogen) atoms. The van der Waals surface area contributed by atoms with E-state index in [0.717, 1.165) is 0 Å². The van der Waals surface area contributed by atoms with Crippen molar-refractivity contribution in [2.24, 2.45) is 11.3 Å². The molecule has 5 heteroatoms. The van der Waals surface area contributed by atoms with Crippen LogP contribution in [0.1, 0.15) is 33.1 Å². The Hall–Kier alpha value is -1.57. The largest absolute Gasteiger partial charge is 0.467 e. The zero-order valence-electron chi connectivity index (χ0n) is 10.4. The molecule has 0 bridgehead atoms. The molecule has 0 aliphatic heterocycles. The summed E-state index contributed by atoms with van der Waals surface area (Å²) < 4.78 is 4.64. The van der Waals surface area contributed by atoms with Gasteiger partial charge in [0.25, 0.3) is 0 Å². The van der Waals surface area contributed by atoms with E-state index in [-0.39, 0.29) is 11.8 Å². The van der Waals surface area contributed by atoms with Gasteiger partial charge in [0.15, 0.2) is 0 Å². The number of nitrogens with one attached hydrogen (secondary N) is 1. The molecule has 1 fully saturated rings. The van der Waals surface area contributed by atoms with Crippen molar-refractivity contribution in [3.05, 3.63) is 0 Å². The maximum atomic E-state index is 11.8. The van der Waals surface area contributed by atoms with Crippen molar-refractivity contribution in [3.63, 3.8) is 0 Å². The second kappa shape index (κ2) is 5.17. The molecule has 0 aromatic heterocycles. The molecule has 0 aromatic carbocycles. The van der Waals surface area contributed by atoms with Crippen LogP contribution in [0.25, 0.3) is 0 Å². The molecule has 1 N–H and O–H groups in total. The summed E-state index contributed by atoms with van der Waals surface area (Å²) in [6.45, 7) is 3.92. The molecule has 1 rings (SSSR count). The maximum Gasteiger partial charge on any atom is 0.328 e. The molecule has 0 radical (unpaired) electrons. The molecule has 1 saturated carbocycles. The third kappa shape index (κ3) is 3.19. The van der Waals surface area contributed by atoms with Gasteiger partial charge in [-0.05, 0) is 25.2 Å². The number of carbonyl (C=O) groups excluding carboxylic acids is 2. The maximum absolute atomic E-state index is 11.8. The minimum absolute atomic E-state index is 0.261. The summed E-state index contributed by atoms with van der Waals surface area (Å²) in [5, 5.41) is 11.5. The first kappa shape index (κ1) is 13.5. The van der Waals surface area contributed by atoms with E-state index in [1.54, 1.807) is 0 Å². The topological polar surface area (TPSA) is 79.2 Å². The fourth-order valence-corrected chi connectivity index (χ4v) is 1.64. The SMILES string of the molecule is COC(=O)C(CC(C)C)NC(=O)C1(C#N)CC1. The smallest absolute Gasteiger partial charge is 0.328 e. The van der Waals surface area contributed by atoms with Gasteiger partial charge in [0.2, 0.25) is 5.91 Å². The molecule has 1 atom stereocenters. The lowest BCUT2D eigenvalue weighted by atomic mass is 10.0. The second-order valence-electron chi connectivity index (χ2n) is 4.87. The minimum atomic E-state index is -0.900. The molecular formula is C12H18N2O3. The van der Waals surface area contributed by atoms with Gasteiger partial charge in [0, 0.05) is 0 Å². The van der Waals surface area contributed by atoms with Crippen molar-refractivity contribution in [2.75, 3.05) is 7.11 Å². The summed E-state index contributed by atoms with van der Waals surface area (Å²) in [5.41, 5.74) is -0.900. The number of amides is 1. The van der Waals surface area contributed by atoms with Crippen molar-refractivity contribution < 1.29 is 14.3 Å². The summed E-state index contributed by atoms with van der Waals surface area (Å²) in [5.74, 6) is -0.548. The van der Waals surface area contributed by atoms with E-state index in [2.05, 4.69) is 10.1 Å². The van der Waals surface area contributed by atoms with Crippen LogP contribution in [0.15, 0.2) is 0 Å². The third-order valence-corrected chi connectivity index (χ3v) is 2.90. The van der Waals surface area contributed by atoms with Crippen molar-refractivity contribution in [2.45, 2.75) is 39.2 Å². The quantitative estimate of drug-likeness (QED) is 0.724. The number of hydrogen-bond donors (Lipinski definition) is 1. The van der Waals surface area contributed by atoms with Gasteiger partial charge in [-0.15, -0.1) is 0 Å². The average molecular weight is 238 g/mol. The normalized spacial score (nSPS) is 18.1. The zero-order valence-corrected chi connectivity index (χ0v) is 10.4. The highest BCUT2D eigenvalue weighted by Gasteiger charge is 2.51. The molecule has 0 aromatic rings. The van der Waals surface area contributed by atoms with Gasteiger partial charge in [-0.2, -0.15) is 5.26 Å². The number of hydrogen-bond acceptors (Lipinski definition) is 4. The predicted molar refractivity (Wildman–Crippen MR) is 60.7 cm³/mol. The highest BCUT2D eigenvalue weighted by Crippen LogP contribution is 2.45. The van der Waals surface area contributed by atoms with Crippen molar-refractivity contribution >= 4 is 11.9 Å². The Morgan fingerprint density at radius 2 is 2.06 bits per heavy atom. The molecule has 94 valence electrons. The Morgan fingerprint density at radius 1 is 1.47 bits per heavy atom. The molecule has 0 heterocycles. The molecule has 0 spiro atoms. The highest BCUT2D eigenvalue weighted by atomic mass is 16.5. The van der Waals surface area contributed by atoms with Gasteiger partial charge < -0.3 is 10.1 Å². The van der Waals surface area contributed by atoms with E-state index in [1.165, 1.54) is 7.11 Å². The number of ether oxygens (including phenoxy) is 1. The van der Waals surface area contributed by atoms with Crippen LogP contribution in [0.5, 0.6) is 0 Å². The fourth-order valence-electron chi connectivity index (χ4n) is 1.64. The number of rotatable bonds is 5. The average Bonchev–Trinajstić information content (AvgIpc) is 3.07. The highest BCUT2D eigenvalue weighted by molar-refractivity contribution is 5.91. The van der Waals surface area contributed by atoms with Crippen molar-refractivity contribution in [3.8, 4) is 6.07 Å². The first-order valence-corrected chi connectivity index (χ1v) is 5.75. The van der Waals surface area contributed by atoms with Gasteiger partial charge in [-0.25, -0.2) is 4.79 Å². The van der Waals surface area contributed by atoms with E-state index < -0.39 is 17.4 Å². The number of carbonyl (C=O) groups is 2. The second-order valence-corrected chi connectivity index (χ2v) is 4.87. The van der Waals surface area contributed by atoms with Gasteiger partial charge in [-0.1, -0.05) is 13.8 Å². The molecule has 1 unspecified atom stereocenters. The number of nitriles is 1. The summed E-state index contributed by atoms with van der Waals surface area (Å²) >= 11 is 0. The lowest BCUT2D eigenvalue weighted by Crippen LogP contribution is -2.45. The summed E-state index contributed by atoms with van der Waals surface area (Å²) in [6.07, 6.45) is 1.66. The van der Waals surface area contributed by atoms with E-state index in [0.29, 0.717) is 19.3 Å². The summed E-state index contributed by atoms with van der Waals surface area (Å²) in [6, 6.07) is 1.35. The standard InChI is InChI=1S/C12H18N2O3/c1-8(2)6-9(10(15)17-3)14-11(16)12(7-13)4-5-12/h8-9H,4-6H2,1-3H3,(H,14,16). The Bertz CT molecular complexity index is 353. The first-order valence-electron chi connectivity index (χ1n) is 5.75. The Kier molecular flexibility index (Phi) is 4.11. The predicted octanol–water partition coefficient (Wildman–Crippen LogP) is 0.994. The molecule has 1 aliphatic carbocycles. The first-order chi connectivity index (χ1) is 7.95. The van der Waals surface area contributed by atoms with Crippen LogP contribution in [0.3, 0.4) is 0 Å². The van der Waals surface area contributed by atoms with Crippen LogP contribution < -0.4 is 5.32 Å². The van der Waals surface area contributed by atoms with Crippen molar-refractivity contribution in [1.29, 1.82) is 5.26 Å².